The van der Waals surface area contributed by atoms with Gasteiger partial charge in [0.1, 0.15) is 5.69 Å². The topological polar surface area (TPSA) is 106 Å². The Morgan fingerprint density at radius 1 is 0.848 bits per heavy atom. The number of rotatable bonds is 4. The highest BCUT2D eigenvalue weighted by Gasteiger charge is 2.32. The standard InChI is InChI=1S/C22H15F3N4O3S/c1-13-9-19(16-5-6-20(27-12-16)22(23,24)25)29-21(28-13)15-7-8-26-18(11-15)14-3-2-4-17(10-14)33(30,31)32/h2-12H,1H3,(H,30,31,32). The molecule has 0 saturated heterocycles. The Bertz CT molecular complexity index is 1440. The van der Waals surface area contributed by atoms with Crippen molar-refractivity contribution in [1.82, 2.24) is 19.9 Å². The predicted molar refractivity (Wildman–Crippen MR) is 113 cm³/mol. The third-order valence-corrected chi connectivity index (χ3v) is 5.50. The van der Waals surface area contributed by atoms with Gasteiger partial charge in [-0.05, 0) is 49.4 Å². The monoisotopic (exact) mass is 472 g/mol. The average molecular weight is 472 g/mol. The zero-order chi connectivity index (χ0) is 23.8. The molecule has 1 N–H and O–H groups in total. The SMILES string of the molecule is Cc1cc(-c2ccc(C(F)(F)F)nc2)nc(-c2ccnc(-c3cccc(S(=O)(=O)O)c3)c2)n1. The number of aromatic nitrogens is 4. The molecule has 1 aromatic carbocycles. The van der Waals surface area contributed by atoms with Crippen LogP contribution in [0.1, 0.15) is 11.4 Å². The summed E-state index contributed by atoms with van der Waals surface area (Å²) in [5.41, 5.74) is 1.80. The van der Waals surface area contributed by atoms with Crippen molar-refractivity contribution in [3.63, 3.8) is 0 Å². The Hall–Kier alpha value is -3.70. The number of nitrogens with zero attached hydrogens (tertiary/aromatic N) is 4. The molecule has 0 bridgehead atoms. The van der Waals surface area contributed by atoms with Crippen LogP contribution in [0.5, 0.6) is 0 Å². The fourth-order valence-electron chi connectivity index (χ4n) is 3.10. The molecule has 0 atom stereocenters. The van der Waals surface area contributed by atoms with Crippen LogP contribution in [-0.2, 0) is 16.3 Å². The van der Waals surface area contributed by atoms with Gasteiger partial charge < -0.3 is 0 Å². The van der Waals surface area contributed by atoms with Crippen LogP contribution in [-0.4, -0.2) is 32.9 Å². The van der Waals surface area contributed by atoms with E-state index >= 15 is 0 Å². The molecule has 0 aliphatic heterocycles. The lowest BCUT2D eigenvalue weighted by Crippen LogP contribution is -2.07. The molecule has 0 spiro atoms. The lowest BCUT2D eigenvalue weighted by atomic mass is 10.1. The second kappa shape index (κ2) is 8.34. The maximum Gasteiger partial charge on any atom is 0.433 e. The Balaban J connectivity index is 1.73. The minimum Gasteiger partial charge on any atom is -0.282 e. The Kier molecular flexibility index (Phi) is 5.68. The van der Waals surface area contributed by atoms with Crippen molar-refractivity contribution in [3.05, 3.63) is 78.4 Å². The van der Waals surface area contributed by atoms with E-state index in [0.717, 1.165) is 12.3 Å². The summed E-state index contributed by atoms with van der Waals surface area (Å²) in [6, 6.07) is 12.8. The molecular weight excluding hydrogens is 457 g/mol. The zero-order valence-electron chi connectivity index (χ0n) is 16.9. The highest BCUT2D eigenvalue weighted by Crippen LogP contribution is 2.30. The lowest BCUT2D eigenvalue weighted by molar-refractivity contribution is -0.141. The van der Waals surface area contributed by atoms with E-state index in [9.17, 15) is 26.1 Å². The van der Waals surface area contributed by atoms with E-state index in [0.29, 0.717) is 39.6 Å². The van der Waals surface area contributed by atoms with Gasteiger partial charge in [0.25, 0.3) is 10.1 Å². The Labute approximate surface area is 186 Å². The first kappa shape index (κ1) is 22.5. The molecule has 3 heterocycles. The molecule has 0 fully saturated rings. The van der Waals surface area contributed by atoms with Gasteiger partial charge in [0, 0.05) is 34.8 Å². The highest BCUT2D eigenvalue weighted by atomic mass is 32.2. The van der Waals surface area contributed by atoms with Gasteiger partial charge in [-0.25, -0.2) is 9.97 Å². The van der Waals surface area contributed by atoms with Crippen LogP contribution in [0.3, 0.4) is 0 Å². The Morgan fingerprint density at radius 3 is 2.30 bits per heavy atom. The smallest absolute Gasteiger partial charge is 0.282 e. The van der Waals surface area contributed by atoms with E-state index < -0.39 is 22.0 Å². The van der Waals surface area contributed by atoms with E-state index in [-0.39, 0.29) is 4.90 Å². The summed E-state index contributed by atoms with van der Waals surface area (Å²) in [6.45, 7) is 1.73. The molecule has 0 radical (unpaired) electrons. The van der Waals surface area contributed by atoms with Gasteiger partial charge >= 0.3 is 6.18 Å². The van der Waals surface area contributed by atoms with E-state index in [1.165, 1.54) is 30.5 Å². The molecule has 3 aromatic heterocycles. The normalized spacial score (nSPS) is 12.0. The summed E-state index contributed by atoms with van der Waals surface area (Å²) in [4.78, 5) is 16.3. The van der Waals surface area contributed by atoms with Gasteiger partial charge in [0.2, 0.25) is 0 Å². The van der Waals surface area contributed by atoms with Crippen LogP contribution in [0.15, 0.2) is 71.9 Å². The summed E-state index contributed by atoms with van der Waals surface area (Å²) < 4.78 is 70.6. The van der Waals surface area contributed by atoms with Gasteiger partial charge in [0.05, 0.1) is 16.3 Å². The summed E-state index contributed by atoms with van der Waals surface area (Å²) in [6.07, 6.45) is -1.94. The first-order valence-electron chi connectivity index (χ1n) is 9.44. The van der Waals surface area contributed by atoms with Crippen LogP contribution in [0.2, 0.25) is 0 Å². The van der Waals surface area contributed by atoms with Crippen molar-refractivity contribution in [2.75, 3.05) is 0 Å². The summed E-state index contributed by atoms with van der Waals surface area (Å²) in [5, 5.41) is 0. The number of alkyl halides is 3. The molecule has 0 saturated carbocycles. The van der Waals surface area contributed by atoms with Crippen molar-refractivity contribution in [3.8, 4) is 33.9 Å². The minimum atomic E-state index is -4.54. The van der Waals surface area contributed by atoms with E-state index in [2.05, 4.69) is 19.9 Å². The number of hydrogen-bond acceptors (Lipinski definition) is 6. The van der Waals surface area contributed by atoms with Crippen LogP contribution in [0.25, 0.3) is 33.9 Å². The molecule has 4 rings (SSSR count). The van der Waals surface area contributed by atoms with Crippen molar-refractivity contribution < 1.29 is 26.1 Å². The third kappa shape index (κ3) is 5.04. The summed E-state index contributed by atoms with van der Waals surface area (Å²) in [5.74, 6) is 0.305. The molecule has 0 unspecified atom stereocenters. The Morgan fingerprint density at radius 2 is 1.64 bits per heavy atom. The van der Waals surface area contributed by atoms with Gasteiger partial charge in [-0.3, -0.25) is 14.5 Å². The maximum absolute atomic E-state index is 12.8. The first-order valence-corrected chi connectivity index (χ1v) is 10.9. The van der Waals surface area contributed by atoms with Crippen molar-refractivity contribution >= 4 is 10.1 Å². The molecule has 0 aliphatic rings. The maximum atomic E-state index is 12.8. The van der Waals surface area contributed by atoms with Crippen LogP contribution in [0, 0.1) is 6.92 Å². The number of halogens is 3. The molecule has 11 heteroatoms. The minimum absolute atomic E-state index is 0.268. The molecule has 33 heavy (non-hydrogen) atoms. The van der Waals surface area contributed by atoms with Crippen molar-refractivity contribution in [2.45, 2.75) is 18.0 Å². The number of benzene rings is 1. The largest absolute Gasteiger partial charge is 0.433 e. The molecule has 4 aromatic rings. The number of aryl methyl sites for hydroxylation is 1. The summed E-state index contributed by atoms with van der Waals surface area (Å²) in [7, 11) is -4.38. The number of hydrogen-bond donors (Lipinski definition) is 1. The van der Waals surface area contributed by atoms with E-state index in [4.69, 9.17) is 0 Å². The fraction of sp³-hybridized carbons (Fsp3) is 0.0909. The molecular formula is C22H15F3N4O3S. The first-order chi connectivity index (χ1) is 15.5. The quantitative estimate of drug-likeness (QED) is 0.424. The van der Waals surface area contributed by atoms with Gasteiger partial charge in [-0.15, -0.1) is 0 Å². The zero-order valence-corrected chi connectivity index (χ0v) is 17.8. The fourth-order valence-corrected chi connectivity index (χ4v) is 3.63. The van der Waals surface area contributed by atoms with Crippen LogP contribution in [0.4, 0.5) is 13.2 Å². The molecule has 7 nitrogen and oxygen atoms in total. The van der Waals surface area contributed by atoms with Gasteiger partial charge in [0.15, 0.2) is 5.82 Å². The number of pyridine rings is 2. The van der Waals surface area contributed by atoms with E-state index in [1.54, 1.807) is 31.2 Å². The second-order valence-electron chi connectivity index (χ2n) is 7.08. The highest BCUT2D eigenvalue weighted by molar-refractivity contribution is 7.85. The van der Waals surface area contributed by atoms with Crippen LogP contribution < -0.4 is 0 Å². The van der Waals surface area contributed by atoms with E-state index in [1.807, 2.05) is 0 Å². The second-order valence-corrected chi connectivity index (χ2v) is 8.50. The molecule has 168 valence electrons. The van der Waals surface area contributed by atoms with Gasteiger partial charge in [-0.2, -0.15) is 21.6 Å². The van der Waals surface area contributed by atoms with Crippen LogP contribution >= 0.6 is 0 Å². The third-order valence-electron chi connectivity index (χ3n) is 4.65. The predicted octanol–water partition coefficient (Wildman–Crippen LogP) is 4.84. The molecule has 0 aliphatic carbocycles. The lowest BCUT2D eigenvalue weighted by Gasteiger charge is -2.09. The van der Waals surface area contributed by atoms with Crippen molar-refractivity contribution in [1.29, 1.82) is 0 Å². The van der Waals surface area contributed by atoms with Gasteiger partial charge in [-0.1, -0.05) is 12.1 Å². The average Bonchev–Trinajstić information content (AvgIpc) is 2.78. The van der Waals surface area contributed by atoms with Crippen molar-refractivity contribution in [2.24, 2.45) is 0 Å². The summed E-state index contributed by atoms with van der Waals surface area (Å²) >= 11 is 0. The molecule has 0 amide bonds.